The summed E-state index contributed by atoms with van der Waals surface area (Å²) in [5.41, 5.74) is 1.63. The number of piperazine rings is 1. The third-order valence-corrected chi connectivity index (χ3v) is 4.65. The minimum Gasteiger partial charge on any atom is -0.368 e. The predicted molar refractivity (Wildman–Crippen MR) is 93.0 cm³/mol. The van der Waals surface area contributed by atoms with Crippen LogP contribution in [0, 0.1) is 5.82 Å². The van der Waals surface area contributed by atoms with Crippen LogP contribution in [0.5, 0.6) is 0 Å². The van der Waals surface area contributed by atoms with Crippen LogP contribution in [0.3, 0.4) is 0 Å². The van der Waals surface area contributed by atoms with E-state index in [1.54, 1.807) is 18.2 Å². The second-order valence-electron chi connectivity index (χ2n) is 5.61. The number of benzene rings is 2. The Morgan fingerprint density at radius 2 is 1.65 bits per heavy atom. The Balaban J connectivity index is 1.57. The molecule has 1 aliphatic heterocycles. The van der Waals surface area contributed by atoms with Gasteiger partial charge in [-0.05, 0) is 35.9 Å². The first kappa shape index (κ1) is 16.0. The second-order valence-corrected chi connectivity index (χ2v) is 6.53. The normalized spacial score (nSPS) is 14.9. The molecule has 0 aliphatic carbocycles. The van der Waals surface area contributed by atoms with Gasteiger partial charge in [0.1, 0.15) is 5.82 Å². The largest absolute Gasteiger partial charge is 0.368 e. The predicted octanol–water partition coefficient (Wildman–Crippen LogP) is 3.48. The van der Waals surface area contributed by atoms with Gasteiger partial charge in [0.15, 0.2) is 0 Å². The number of halogens is 2. The number of hydrogen-bond donors (Lipinski definition) is 0. The van der Waals surface area contributed by atoms with E-state index in [1.165, 1.54) is 6.07 Å². The van der Waals surface area contributed by atoms with Crippen LogP contribution in [0.4, 0.5) is 10.1 Å². The molecule has 3 rings (SSSR count). The van der Waals surface area contributed by atoms with E-state index in [4.69, 9.17) is 0 Å². The maximum Gasteiger partial charge on any atom is 0.227 e. The quantitative estimate of drug-likeness (QED) is 0.818. The molecule has 0 spiro atoms. The number of carbonyl (C=O) groups is 1. The summed E-state index contributed by atoms with van der Waals surface area (Å²) in [6.45, 7) is 2.93. The number of rotatable bonds is 3. The van der Waals surface area contributed by atoms with Gasteiger partial charge < -0.3 is 9.80 Å². The summed E-state index contributed by atoms with van der Waals surface area (Å²) in [4.78, 5) is 16.4. The highest BCUT2D eigenvalue weighted by atomic mass is 79.9. The van der Waals surface area contributed by atoms with Gasteiger partial charge in [0.25, 0.3) is 0 Å². The van der Waals surface area contributed by atoms with Crippen molar-refractivity contribution in [2.45, 2.75) is 6.42 Å². The minimum atomic E-state index is -0.311. The van der Waals surface area contributed by atoms with Crippen LogP contribution in [-0.4, -0.2) is 37.0 Å². The summed E-state index contributed by atoms with van der Waals surface area (Å²) in [5.74, 6) is -0.320. The van der Waals surface area contributed by atoms with Crippen molar-refractivity contribution >= 4 is 27.5 Å². The third-order valence-electron chi connectivity index (χ3n) is 4.12. The van der Waals surface area contributed by atoms with Gasteiger partial charge in [0.2, 0.25) is 5.91 Å². The fraction of sp³-hybridized carbons (Fsp3) is 0.278. The standard InChI is InChI=1S/C18H18BrFN2O/c19-15-5-7-16(8-6-15)21-9-11-22(12-10-21)18(23)13-14-3-1-2-4-17(14)20/h1-8H,9-13H2. The van der Waals surface area contributed by atoms with Crippen LogP contribution in [0.2, 0.25) is 0 Å². The number of hydrogen-bond acceptors (Lipinski definition) is 2. The fourth-order valence-corrected chi connectivity index (χ4v) is 3.05. The highest BCUT2D eigenvalue weighted by molar-refractivity contribution is 9.10. The molecule has 2 aromatic carbocycles. The van der Waals surface area contributed by atoms with E-state index in [2.05, 4.69) is 33.0 Å². The molecule has 0 radical (unpaired) electrons. The minimum absolute atomic E-state index is 0.00874. The van der Waals surface area contributed by atoms with Crippen LogP contribution in [0.15, 0.2) is 53.0 Å². The van der Waals surface area contributed by atoms with Crippen molar-refractivity contribution in [3.8, 4) is 0 Å². The summed E-state index contributed by atoms with van der Waals surface area (Å²) < 4.78 is 14.7. The summed E-state index contributed by atoms with van der Waals surface area (Å²) in [6.07, 6.45) is 0.130. The lowest BCUT2D eigenvalue weighted by Crippen LogP contribution is -2.49. The zero-order valence-electron chi connectivity index (χ0n) is 12.7. The fourth-order valence-electron chi connectivity index (χ4n) is 2.78. The molecule has 0 bridgehead atoms. The third kappa shape index (κ3) is 3.91. The van der Waals surface area contributed by atoms with E-state index in [0.29, 0.717) is 18.7 Å². The molecule has 3 nitrogen and oxygen atoms in total. The zero-order valence-corrected chi connectivity index (χ0v) is 14.3. The lowest BCUT2D eigenvalue weighted by molar-refractivity contribution is -0.130. The van der Waals surface area contributed by atoms with Gasteiger partial charge in [-0.25, -0.2) is 4.39 Å². The smallest absolute Gasteiger partial charge is 0.227 e. The highest BCUT2D eigenvalue weighted by Crippen LogP contribution is 2.20. The van der Waals surface area contributed by atoms with Gasteiger partial charge in [-0.2, -0.15) is 0 Å². The summed E-state index contributed by atoms with van der Waals surface area (Å²) in [5, 5.41) is 0. The molecule has 1 fully saturated rings. The van der Waals surface area contributed by atoms with Crippen LogP contribution < -0.4 is 4.90 Å². The number of nitrogens with zero attached hydrogens (tertiary/aromatic N) is 2. The zero-order chi connectivity index (χ0) is 16.2. The lowest BCUT2D eigenvalue weighted by Gasteiger charge is -2.36. The first-order valence-electron chi connectivity index (χ1n) is 7.65. The Labute approximate surface area is 143 Å². The Morgan fingerprint density at radius 3 is 2.30 bits per heavy atom. The number of carbonyl (C=O) groups excluding carboxylic acids is 1. The molecule has 0 aromatic heterocycles. The Bertz CT molecular complexity index is 682. The Hall–Kier alpha value is -1.88. The van der Waals surface area contributed by atoms with Crippen LogP contribution >= 0.6 is 15.9 Å². The van der Waals surface area contributed by atoms with Gasteiger partial charge in [-0.1, -0.05) is 34.1 Å². The topological polar surface area (TPSA) is 23.6 Å². The molecular formula is C18H18BrFN2O. The lowest BCUT2D eigenvalue weighted by atomic mass is 10.1. The summed E-state index contributed by atoms with van der Waals surface area (Å²) in [6, 6.07) is 14.6. The van der Waals surface area contributed by atoms with Crippen LogP contribution in [0.1, 0.15) is 5.56 Å². The van der Waals surface area contributed by atoms with E-state index < -0.39 is 0 Å². The van der Waals surface area contributed by atoms with Crippen molar-refractivity contribution in [2.75, 3.05) is 31.1 Å². The molecule has 5 heteroatoms. The number of amides is 1. The van der Waals surface area contributed by atoms with Gasteiger partial charge in [0, 0.05) is 36.3 Å². The molecule has 120 valence electrons. The van der Waals surface area contributed by atoms with E-state index in [1.807, 2.05) is 17.0 Å². The Morgan fingerprint density at radius 1 is 1.00 bits per heavy atom. The molecule has 0 saturated carbocycles. The second kappa shape index (κ2) is 7.13. The maximum atomic E-state index is 13.7. The van der Waals surface area contributed by atoms with E-state index in [-0.39, 0.29) is 18.1 Å². The molecule has 1 aliphatic rings. The summed E-state index contributed by atoms with van der Waals surface area (Å²) in [7, 11) is 0. The maximum absolute atomic E-state index is 13.7. The van der Waals surface area contributed by atoms with Gasteiger partial charge in [0.05, 0.1) is 6.42 Å². The van der Waals surface area contributed by atoms with E-state index >= 15 is 0 Å². The van der Waals surface area contributed by atoms with Crippen molar-refractivity contribution < 1.29 is 9.18 Å². The van der Waals surface area contributed by atoms with Crippen molar-refractivity contribution in [1.82, 2.24) is 4.90 Å². The van der Waals surface area contributed by atoms with Gasteiger partial charge >= 0.3 is 0 Å². The average Bonchev–Trinajstić information content (AvgIpc) is 2.58. The monoisotopic (exact) mass is 376 g/mol. The molecule has 0 N–H and O–H groups in total. The van der Waals surface area contributed by atoms with Crippen LogP contribution in [-0.2, 0) is 11.2 Å². The first-order chi connectivity index (χ1) is 11.1. The molecule has 23 heavy (non-hydrogen) atoms. The highest BCUT2D eigenvalue weighted by Gasteiger charge is 2.22. The molecule has 1 saturated heterocycles. The molecule has 0 unspecified atom stereocenters. The van der Waals surface area contributed by atoms with Crippen molar-refractivity contribution in [1.29, 1.82) is 0 Å². The van der Waals surface area contributed by atoms with Crippen LogP contribution in [0.25, 0.3) is 0 Å². The number of anilines is 1. The summed E-state index contributed by atoms with van der Waals surface area (Å²) >= 11 is 3.43. The molecule has 2 aromatic rings. The van der Waals surface area contributed by atoms with Gasteiger partial charge in [-0.15, -0.1) is 0 Å². The average molecular weight is 377 g/mol. The van der Waals surface area contributed by atoms with Gasteiger partial charge in [-0.3, -0.25) is 4.79 Å². The SMILES string of the molecule is O=C(Cc1ccccc1F)N1CCN(c2ccc(Br)cc2)CC1. The van der Waals surface area contributed by atoms with E-state index in [9.17, 15) is 9.18 Å². The Kier molecular flexibility index (Phi) is 4.96. The van der Waals surface area contributed by atoms with Crippen molar-refractivity contribution in [2.24, 2.45) is 0 Å². The van der Waals surface area contributed by atoms with Crippen molar-refractivity contribution in [3.05, 3.63) is 64.4 Å². The molecular weight excluding hydrogens is 359 g/mol. The molecule has 1 amide bonds. The molecule has 1 heterocycles. The molecule has 0 atom stereocenters. The van der Waals surface area contributed by atoms with E-state index in [0.717, 1.165) is 23.2 Å². The van der Waals surface area contributed by atoms with Crippen molar-refractivity contribution in [3.63, 3.8) is 0 Å². The first-order valence-corrected chi connectivity index (χ1v) is 8.44.